The molecule has 0 amide bonds. The van der Waals surface area contributed by atoms with Crippen LogP contribution in [0.1, 0.15) is 29.6 Å². The monoisotopic (exact) mass is 276 g/mol. The van der Waals surface area contributed by atoms with E-state index in [1.807, 2.05) is 17.8 Å². The van der Waals surface area contributed by atoms with Gasteiger partial charge in [0.1, 0.15) is 5.52 Å². The van der Waals surface area contributed by atoms with Crippen LogP contribution in [0.25, 0.3) is 11.0 Å². The molecule has 100 valence electrons. The predicted molar refractivity (Wildman–Crippen MR) is 76.8 cm³/mol. The molecule has 1 aromatic heterocycles. The highest BCUT2D eigenvalue weighted by atomic mass is 32.2. The van der Waals surface area contributed by atoms with Crippen LogP contribution in [-0.4, -0.2) is 31.6 Å². The standard InChI is InChI=1S/C14H16N2O2S/c1-19-14(6-3-7-14)8-16-9-15-12-10(13(17)18)4-2-5-11(12)16/h2,4-5,9H,3,6-8H2,1H3,(H,17,18). The number of nitrogens with zero attached hydrogens (tertiary/aromatic N) is 2. The van der Waals surface area contributed by atoms with E-state index in [1.54, 1.807) is 18.5 Å². The molecule has 4 nitrogen and oxygen atoms in total. The van der Waals surface area contributed by atoms with E-state index in [9.17, 15) is 9.90 Å². The maximum Gasteiger partial charge on any atom is 0.337 e. The number of aromatic carboxylic acids is 1. The Hall–Kier alpha value is -1.49. The SMILES string of the molecule is CSC1(Cn2cnc3c(C(=O)O)cccc32)CCC1. The number of hydrogen-bond acceptors (Lipinski definition) is 3. The zero-order valence-electron chi connectivity index (χ0n) is 10.8. The Morgan fingerprint density at radius 2 is 2.32 bits per heavy atom. The summed E-state index contributed by atoms with van der Waals surface area (Å²) in [5.41, 5.74) is 1.79. The molecule has 3 rings (SSSR count). The van der Waals surface area contributed by atoms with Crippen LogP contribution in [0.5, 0.6) is 0 Å². The summed E-state index contributed by atoms with van der Waals surface area (Å²) in [6.07, 6.45) is 7.67. The van der Waals surface area contributed by atoms with Crippen LogP contribution < -0.4 is 0 Å². The Morgan fingerprint density at radius 3 is 2.89 bits per heavy atom. The van der Waals surface area contributed by atoms with E-state index >= 15 is 0 Å². The van der Waals surface area contributed by atoms with E-state index in [1.165, 1.54) is 19.3 Å². The summed E-state index contributed by atoms with van der Waals surface area (Å²) in [5, 5.41) is 9.17. The third-order valence-corrected chi connectivity index (χ3v) is 5.44. The predicted octanol–water partition coefficient (Wildman–Crippen LogP) is 3.02. The van der Waals surface area contributed by atoms with Crippen molar-refractivity contribution in [3.63, 3.8) is 0 Å². The molecule has 1 heterocycles. The van der Waals surface area contributed by atoms with Gasteiger partial charge in [-0.1, -0.05) is 12.5 Å². The van der Waals surface area contributed by atoms with Crippen molar-refractivity contribution in [2.24, 2.45) is 0 Å². The number of thioether (sulfide) groups is 1. The fourth-order valence-corrected chi connectivity index (χ4v) is 3.66. The lowest BCUT2D eigenvalue weighted by Gasteiger charge is -2.40. The van der Waals surface area contributed by atoms with Crippen LogP contribution in [0.2, 0.25) is 0 Å². The van der Waals surface area contributed by atoms with Gasteiger partial charge < -0.3 is 9.67 Å². The van der Waals surface area contributed by atoms with Gasteiger partial charge >= 0.3 is 5.97 Å². The fraction of sp³-hybridized carbons (Fsp3) is 0.429. The van der Waals surface area contributed by atoms with Gasteiger partial charge in [-0.2, -0.15) is 11.8 Å². The van der Waals surface area contributed by atoms with Gasteiger partial charge in [0.15, 0.2) is 0 Å². The molecule has 1 N–H and O–H groups in total. The first-order valence-corrected chi connectivity index (χ1v) is 7.60. The summed E-state index contributed by atoms with van der Waals surface area (Å²) in [6.45, 7) is 0.910. The van der Waals surface area contributed by atoms with Gasteiger partial charge in [0.2, 0.25) is 0 Å². The van der Waals surface area contributed by atoms with E-state index in [0.29, 0.717) is 10.3 Å². The molecule has 0 radical (unpaired) electrons. The van der Waals surface area contributed by atoms with Gasteiger partial charge in [0.05, 0.1) is 17.4 Å². The molecule has 0 atom stereocenters. The minimum atomic E-state index is -0.918. The average Bonchev–Trinajstić information content (AvgIpc) is 2.76. The van der Waals surface area contributed by atoms with E-state index in [-0.39, 0.29) is 5.56 Å². The van der Waals surface area contributed by atoms with Crippen molar-refractivity contribution in [1.29, 1.82) is 0 Å². The molecule has 2 aromatic rings. The lowest BCUT2D eigenvalue weighted by atomic mass is 9.84. The summed E-state index contributed by atoms with van der Waals surface area (Å²) in [5.74, 6) is -0.918. The molecule has 0 saturated heterocycles. The molecule has 0 unspecified atom stereocenters. The topological polar surface area (TPSA) is 55.1 Å². The molecule has 1 saturated carbocycles. The number of benzene rings is 1. The summed E-state index contributed by atoms with van der Waals surface area (Å²) in [6, 6.07) is 5.34. The highest BCUT2D eigenvalue weighted by Gasteiger charge is 2.36. The second-order valence-corrected chi connectivity index (χ2v) is 6.37. The summed E-state index contributed by atoms with van der Waals surface area (Å²) in [7, 11) is 0. The van der Waals surface area contributed by atoms with Crippen LogP contribution >= 0.6 is 11.8 Å². The largest absolute Gasteiger partial charge is 0.478 e. The molecule has 1 fully saturated rings. The maximum absolute atomic E-state index is 11.2. The molecule has 0 spiro atoms. The molecule has 1 aromatic carbocycles. The Labute approximate surface area is 115 Å². The number of carbonyl (C=O) groups is 1. The van der Waals surface area contributed by atoms with Crippen molar-refractivity contribution in [3.8, 4) is 0 Å². The van der Waals surface area contributed by atoms with Crippen molar-refractivity contribution < 1.29 is 9.90 Å². The number of para-hydroxylation sites is 1. The Morgan fingerprint density at radius 1 is 1.53 bits per heavy atom. The highest BCUT2D eigenvalue weighted by Crippen LogP contribution is 2.44. The van der Waals surface area contributed by atoms with E-state index in [4.69, 9.17) is 0 Å². The quantitative estimate of drug-likeness (QED) is 0.932. The fourth-order valence-electron chi connectivity index (χ4n) is 2.70. The van der Waals surface area contributed by atoms with Crippen LogP contribution in [0.15, 0.2) is 24.5 Å². The van der Waals surface area contributed by atoms with Crippen LogP contribution in [0.4, 0.5) is 0 Å². The molecular weight excluding hydrogens is 260 g/mol. The third kappa shape index (κ3) is 2.02. The Kier molecular flexibility index (Phi) is 3.01. The molecule has 5 heteroatoms. The number of carboxylic acids is 1. The molecule has 19 heavy (non-hydrogen) atoms. The first-order chi connectivity index (χ1) is 9.15. The van der Waals surface area contributed by atoms with Crippen LogP contribution in [0.3, 0.4) is 0 Å². The number of imidazole rings is 1. The third-order valence-electron chi connectivity index (χ3n) is 4.04. The first kappa shape index (κ1) is 12.5. The lowest BCUT2D eigenvalue weighted by molar-refractivity contribution is 0.0699. The zero-order valence-corrected chi connectivity index (χ0v) is 11.6. The van der Waals surface area contributed by atoms with Crippen LogP contribution in [0, 0.1) is 0 Å². The first-order valence-electron chi connectivity index (χ1n) is 6.37. The van der Waals surface area contributed by atoms with Crippen molar-refractivity contribution in [3.05, 3.63) is 30.1 Å². The Balaban J connectivity index is 2.01. The van der Waals surface area contributed by atoms with E-state index < -0.39 is 5.97 Å². The average molecular weight is 276 g/mol. The lowest BCUT2D eigenvalue weighted by Crippen LogP contribution is -2.37. The number of rotatable bonds is 4. The van der Waals surface area contributed by atoms with E-state index in [0.717, 1.165) is 12.1 Å². The van der Waals surface area contributed by atoms with Gasteiger partial charge in [-0.05, 0) is 31.2 Å². The molecule has 0 bridgehead atoms. The van der Waals surface area contributed by atoms with E-state index in [2.05, 4.69) is 15.8 Å². The van der Waals surface area contributed by atoms with Gasteiger partial charge in [-0.15, -0.1) is 0 Å². The van der Waals surface area contributed by atoms with Crippen molar-refractivity contribution in [2.45, 2.75) is 30.6 Å². The number of aromatic nitrogens is 2. The molecule has 1 aliphatic rings. The second kappa shape index (κ2) is 4.56. The van der Waals surface area contributed by atoms with Gasteiger partial charge in [0.25, 0.3) is 0 Å². The smallest absolute Gasteiger partial charge is 0.337 e. The second-order valence-electron chi connectivity index (χ2n) is 5.09. The maximum atomic E-state index is 11.2. The van der Waals surface area contributed by atoms with Gasteiger partial charge in [-0.25, -0.2) is 9.78 Å². The minimum absolute atomic E-state index is 0.281. The molecule has 0 aliphatic heterocycles. The minimum Gasteiger partial charge on any atom is -0.478 e. The van der Waals surface area contributed by atoms with Gasteiger partial charge in [0, 0.05) is 11.3 Å². The van der Waals surface area contributed by atoms with Crippen molar-refractivity contribution in [2.75, 3.05) is 6.26 Å². The van der Waals surface area contributed by atoms with Crippen molar-refractivity contribution in [1.82, 2.24) is 9.55 Å². The number of carboxylic acid groups (broad SMARTS) is 1. The summed E-state index contributed by atoms with van der Waals surface area (Å²) in [4.78, 5) is 15.5. The Bertz CT molecular complexity index is 626. The summed E-state index contributed by atoms with van der Waals surface area (Å²) < 4.78 is 2.41. The molecular formula is C14H16N2O2S. The van der Waals surface area contributed by atoms with Gasteiger partial charge in [-0.3, -0.25) is 0 Å². The zero-order chi connectivity index (χ0) is 13.5. The van der Waals surface area contributed by atoms with Crippen molar-refractivity contribution >= 4 is 28.8 Å². The highest BCUT2D eigenvalue weighted by molar-refractivity contribution is 8.00. The number of fused-ring (bicyclic) bond motifs is 1. The number of hydrogen-bond donors (Lipinski definition) is 1. The normalized spacial score (nSPS) is 17.3. The van der Waals surface area contributed by atoms with Crippen LogP contribution in [-0.2, 0) is 6.54 Å². The molecule has 1 aliphatic carbocycles. The summed E-state index contributed by atoms with van der Waals surface area (Å²) >= 11 is 1.91.